The fraction of sp³-hybridized carbons (Fsp3) is 0.606. The van der Waals surface area contributed by atoms with Crippen molar-refractivity contribution in [1.29, 1.82) is 0 Å². The molecule has 5 heterocycles. The molecule has 4 aliphatic heterocycles. The van der Waals surface area contributed by atoms with E-state index in [1.54, 1.807) is 22.3 Å². The number of fused-ring (bicyclic) bond motifs is 1. The Labute approximate surface area is 275 Å². The van der Waals surface area contributed by atoms with Gasteiger partial charge in [0, 0.05) is 50.6 Å². The number of likely N-dealkylation sites (tertiary alicyclic amines) is 2. The summed E-state index contributed by atoms with van der Waals surface area (Å²) in [7, 11) is 0. The predicted molar refractivity (Wildman–Crippen MR) is 180 cm³/mol. The van der Waals surface area contributed by atoms with Gasteiger partial charge in [0.2, 0.25) is 5.91 Å². The Morgan fingerprint density at radius 3 is 2.40 bits per heavy atom. The van der Waals surface area contributed by atoms with E-state index in [0.29, 0.717) is 55.5 Å². The number of hydrogen-bond acceptors (Lipinski definition) is 6. The molecule has 0 bridgehead atoms. The van der Waals surface area contributed by atoms with Crippen LogP contribution in [0.15, 0.2) is 22.9 Å². The van der Waals surface area contributed by atoms with Crippen LogP contribution in [0.3, 0.4) is 0 Å². The van der Waals surface area contributed by atoms with Gasteiger partial charge in [0.05, 0.1) is 16.4 Å². The molecular formula is C33H46ClN7O3S. The zero-order valence-electron chi connectivity index (χ0n) is 26.2. The average molecular weight is 656 g/mol. The monoisotopic (exact) mass is 655 g/mol. The fourth-order valence-corrected chi connectivity index (χ4v) is 8.75. The SMILES string of the molecule is Cc1cc(C[C@@H](NC(=O)N2CCC(N3CCc4cscc4NC3=O)CC2)C(=O)N2CCC(C3CCNCC3)CC2)cc(Cl)c1N. The van der Waals surface area contributed by atoms with Crippen LogP contribution in [-0.4, -0.2) is 90.6 Å². The van der Waals surface area contributed by atoms with E-state index in [-0.39, 0.29) is 24.0 Å². The third-order valence-electron chi connectivity index (χ3n) is 10.4. The van der Waals surface area contributed by atoms with Crippen LogP contribution >= 0.6 is 22.9 Å². The van der Waals surface area contributed by atoms with Crippen molar-refractivity contribution in [3.8, 4) is 0 Å². The number of rotatable bonds is 6. The number of aryl methyl sites for hydroxylation is 1. The van der Waals surface area contributed by atoms with Gasteiger partial charge in [-0.2, -0.15) is 0 Å². The summed E-state index contributed by atoms with van der Waals surface area (Å²) < 4.78 is 0. The van der Waals surface area contributed by atoms with E-state index in [0.717, 1.165) is 68.2 Å². The molecule has 0 unspecified atom stereocenters. The van der Waals surface area contributed by atoms with Gasteiger partial charge in [0.15, 0.2) is 0 Å². The minimum Gasteiger partial charge on any atom is -0.397 e. The minimum absolute atomic E-state index is 0.0406. The third-order valence-corrected chi connectivity index (χ3v) is 11.5. The lowest BCUT2D eigenvalue weighted by molar-refractivity contribution is -0.135. The van der Waals surface area contributed by atoms with E-state index in [1.165, 1.54) is 18.4 Å². The predicted octanol–water partition coefficient (Wildman–Crippen LogP) is 4.71. The summed E-state index contributed by atoms with van der Waals surface area (Å²) >= 11 is 8.02. The van der Waals surface area contributed by atoms with Crippen LogP contribution in [0.25, 0.3) is 0 Å². The van der Waals surface area contributed by atoms with Crippen molar-refractivity contribution in [2.24, 2.45) is 11.8 Å². The molecule has 1 atom stereocenters. The fourth-order valence-electron chi connectivity index (χ4n) is 7.63. The first-order valence-electron chi connectivity index (χ1n) is 16.5. The van der Waals surface area contributed by atoms with E-state index in [9.17, 15) is 14.4 Å². The second-order valence-corrected chi connectivity index (χ2v) is 14.3. The Hall–Kier alpha value is -3.02. The number of benzene rings is 1. The van der Waals surface area contributed by atoms with Gasteiger partial charge in [-0.3, -0.25) is 4.79 Å². The topological polar surface area (TPSA) is 123 Å². The standard InChI is InChI=1S/C33H46ClN7O3S/c1-21-16-22(17-27(34)30(21)35)18-28(31(42)39-11-4-24(5-12-39)23-2-9-36-10-3-23)37-32(43)40-13-7-26(8-14-40)41-15-6-25-19-45-20-29(25)38-33(41)44/h16-17,19-20,23-24,26,28,36H,2-15,18,35H2,1H3,(H,37,43)(H,38,44)/t28-/m1/s1. The molecule has 5 amide bonds. The van der Waals surface area contributed by atoms with Crippen LogP contribution in [-0.2, 0) is 17.6 Å². The van der Waals surface area contributed by atoms with E-state index < -0.39 is 6.04 Å². The summed E-state index contributed by atoms with van der Waals surface area (Å²) in [6, 6.07) is 2.81. The molecule has 3 saturated heterocycles. The molecule has 4 aliphatic rings. The maximum absolute atomic E-state index is 14.0. The molecule has 3 fully saturated rings. The molecule has 5 N–H and O–H groups in total. The van der Waals surface area contributed by atoms with E-state index in [2.05, 4.69) is 21.3 Å². The molecule has 2 aromatic rings. The molecule has 0 aliphatic carbocycles. The average Bonchev–Trinajstić information content (AvgIpc) is 3.43. The lowest BCUT2D eigenvalue weighted by Gasteiger charge is -2.40. The number of anilines is 2. The second kappa shape index (κ2) is 14.2. The lowest BCUT2D eigenvalue weighted by Crippen LogP contribution is -2.57. The minimum atomic E-state index is -0.708. The highest BCUT2D eigenvalue weighted by Crippen LogP contribution is 2.32. The summed E-state index contributed by atoms with van der Waals surface area (Å²) in [4.78, 5) is 46.3. The first-order valence-corrected chi connectivity index (χ1v) is 17.8. The number of nitrogens with one attached hydrogen (secondary N) is 3. The Balaban J connectivity index is 1.09. The van der Waals surface area contributed by atoms with Gasteiger partial charge >= 0.3 is 12.1 Å². The number of halogens is 1. The highest BCUT2D eigenvalue weighted by molar-refractivity contribution is 7.08. The summed E-state index contributed by atoms with van der Waals surface area (Å²) in [6.45, 7) is 7.22. The highest BCUT2D eigenvalue weighted by atomic mass is 35.5. The van der Waals surface area contributed by atoms with Gasteiger partial charge in [-0.15, -0.1) is 11.3 Å². The number of piperidine rings is 3. The number of thiophene rings is 1. The molecule has 10 nitrogen and oxygen atoms in total. The first-order chi connectivity index (χ1) is 21.8. The summed E-state index contributed by atoms with van der Waals surface area (Å²) in [5, 5.41) is 14.1. The van der Waals surface area contributed by atoms with Crippen molar-refractivity contribution in [3.63, 3.8) is 0 Å². The molecule has 0 radical (unpaired) electrons. The Bertz CT molecular complexity index is 1360. The number of carbonyl (C=O) groups is 3. The molecule has 1 aromatic carbocycles. The number of carbonyl (C=O) groups excluding carboxylic acids is 3. The van der Waals surface area contributed by atoms with Crippen molar-refractivity contribution in [1.82, 2.24) is 25.3 Å². The summed E-state index contributed by atoms with van der Waals surface area (Å²) in [5.41, 5.74) is 10.4. The number of amides is 5. The molecule has 0 spiro atoms. The van der Waals surface area contributed by atoms with Gasteiger partial charge in [0.1, 0.15) is 6.04 Å². The quantitative estimate of drug-likeness (QED) is 0.336. The normalized spacial score (nSPS) is 21.2. The van der Waals surface area contributed by atoms with Crippen LogP contribution in [0.4, 0.5) is 21.0 Å². The first kappa shape index (κ1) is 31.9. The van der Waals surface area contributed by atoms with Crippen LogP contribution in [0.5, 0.6) is 0 Å². The summed E-state index contributed by atoms with van der Waals surface area (Å²) in [5.74, 6) is 1.35. The van der Waals surface area contributed by atoms with Crippen molar-refractivity contribution >= 4 is 52.3 Å². The van der Waals surface area contributed by atoms with Gasteiger partial charge < -0.3 is 36.4 Å². The van der Waals surface area contributed by atoms with Gasteiger partial charge in [-0.05, 0) is 105 Å². The zero-order valence-corrected chi connectivity index (χ0v) is 27.7. The molecular weight excluding hydrogens is 610 g/mol. The van der Waals surface area contributed by atoms with Crippen LogP contribution < -0.4 is 21.7 Å². The molecule has 0 saturated carbocycles. The number of nitrogens with zero attached hydrogens (tertiary/aromatic N) is 3. The molecule has 244 valence electrons. The smallest absolute Gasteiger partial charge is 0.322 e. The molecule has 1 aromatic heterocycles. The van der Waals surface area contributed by atoms with Crippen molar-refractivity contribution in [2.45, 2.75) is 70.4 Å². The molecule has 12 heteroatoms. The zero-order chi connectivity index (χ0) is 31.5. The van der Waals surface area contributed by atoms with Crippen LogP contribution in [0.1, 0.15) is 55.2 Å². The Kier molecular flexibility index (Phi) is 10.1. The molecule has 6 rings (SSSR count). The third kappa shape index (κ3) is 7.36. The van der Waals surface area contributed by atoms with E-state index in [1.807, 2.05) is 28.2 Å². The Morgan fingerprint density at radius 2 is 1.69 bits per heavy atom. The van der Waals surface area contributed by atoms with Gasteiger partial charge in [-0.1, -0.05) is 17.7 Å². The summed E-state index contributed by atoms with van der Waals surface area (Å²) in [6.07, 6.45) is 7.00. The number of nitrogen functional groups attached to an aromatic ring is 1. The number of hydrogen-bond donors (Lipinski definition) is 4. The van der Waals surface area contributed by atoms with Crippen molar-refractivity contribution in [2.75, 3.05) is 56.9 Å². The number of nitrogens with two attached hydrogens (primary N) is 1. The Morgan fingerprint density at radius 1 is 1.00 bits per heavy atom. The molecule has 45 heavy (non-hydrogen) atoms. The van der Waals surface area contributed by atoms with E-state index in [4.69, 9.17) is 17.3 Å². The maximum Gasteiger partial charge on any atom is 0.322 e. The van der Waals surface area contributed by atoms with Crippen LogP contribution in [0, 0.1) is 18.8 Å². The largest absolute Gasteiger partial charge is 0.397 e. The second-order valence-electron chi connectivity index (χ2n) is 13.2. The van der Waals surface area contributed by atoms with Crippen molar-refractivity contribution in [3.05, 3.63) is 44.6 Å². The number of urea groups is 2. The van der Waals surface area contributed by atoms with Gasteiger partial charge in [-0.25, -0.2) is 9.59 Å². The van der Waals surface area contributed by atoms with Gasteiger partial charge in [0.25, 0.3) is 0 Å². The van der Waals surface area contributed by atoms with E-state index >= 15 is 0 Å². The van der Waals surface area contributed by atoms with Crippen LogP contribution in [0.2, 0.25) is 5.02 Å². The highest BCUT2D eigenvalue weighted by Gasteiger charge is 2.35. The maximum atomic E-state index is 14.0. The van der Waals surface area contributed by atoms with Crippen molar-refractivity contribution < 1.29 is 14.4 Å². The lowest BCUT2D eigenvalue weighted by atomic mass is 9.79.